The lowest BCUT2D eigenvalue weighted by atomic mass is 9.89. The Bertz CT molecular complexity index is 1350. The van der Waals surface area contributed by atoms with Gasteiger partial charge in [-0.1, -0.05) is 54.6 Å². The number of allylic oxidation sites excluding steroid dienone is 1. The van der Waals surface area contributed by atoms with Gasteiger partial charge in [-0.3, -0.25) is 9.89 Å². The summed E-state index contributed by atoms with van der Waals surface area (Å²) in [6, 6.07) is 22.3. The number of nitrogens with one attached hydrogen (secondary N) is 2. The molecule has 2 aliphatic rings. The van der Waals surface area contributed by atoms with Crippen LogP contribution in [0.5, 0.6) is 0 Å². The summed E-state index contributed by atoms with van der Waals surface area (Å²) in [5, 5.41) is 5.68. The molecule has 2 aromatic carbocycles. The van der Waals surface area contributed by atoms with Crippen molar-refractivity contribution in [3.05, 3.63) is 112 Å². The van der Waals surface area contributed by atoms with Crippen LogP contribution in [0, 0.1) is 0 Å². The molecule has 4 aromatic rings. The van der Waals surface area contributed by atoms with E-state index in [1.54, 1.807) is 11.3 Å². The van der Waals surface area contributed by atoms with Crippen LogP contribution in [-0.4, -0.2) is 33.2 Å². The van der Waals surface area contributed by atoms with Crippen LogP contribution >= 0.6 is 11.3 Å². The van der Waals surface area contributed by atoms with Crippen molar-refractivity contribution in [3.63, 3.8) is 0 Å². The molecule has 1 aliphatic heterocycles. The first-order valence-electron chi connectivity index (χ1n) is 12.7. The van der Waals surface area contributed by atoms with E-state index in [0.717, 1.165) is 55.9 Å². The van der Waals surface area contributed by atoms with Gasteiger partial charge in [-0.15, -0.1) is 11.3 Å². The monoisotopic (exact) mass is 493 g/mol. The molecule has 0 saturated carbocycles. The van der Waals surface area contributed by atoms with Crippen molar-refractivity contribution >= 4 is 28.6 Å². The van der Waals surface area contributed by atoms with Gasteiger partial charge in [-0.2, -0.15) is 0 Å². The Morgan fingerprint density at radius 2 is 1.83 bits per heavy atom. The second-order valence-electron chi connectivity index (χ2n) is 9.59. The molecule has 2 N–H and O–H groups in total. The highest BCUT2D eigenvalue weighted by atomic mass is 32.1. The summed E-state index contributed by atoms with van der Waals surface area (Å²) in [4.78, 5) is 17.0. The molecule has 182 valence electrons. The molecule has 6 heteroatoms. The zero-order valence-electron chi connectivity index (χ0n) is 20.3. The van der Waals surface area contributed by atoms with Gasteiger partial charge in [0.15, 0.2) is 0 Å². The molecular formula is C30H31N5S. The van der Waals surface area contributed by atoms with E-state index in [9.17, 15) is 0 Å². The van der Waals surface area contributed by atoms with E-state index in [1.165, 1.54) is 21.6 Å². The predicted molar refractivity (Wildman–Crippen MR) is 149 cm³/mol. The van der Waals surface area contributed by atoms with Crippen molar-refractivity contribution in [2.75, 3.05) is 0 Å². The Hall–Kier alpha value is -3.32. The van der Waals surface area contributed by atoms with Gasteiger partial charge in [0.25, 0.3) is 0 Å². The standard InChI is InChI=1S/C30H31N5S/c1-2-8-29-28(7-1)33-30(34-29)21-35(25-13-14-27-24(17-25)5-3-15-32-27)20-23-11-9-22(10-12-23)18-31-19-26-6-4-16-36-26/h1-12,15-17,25,27,31H,13-14,18-21H2,(H,33,34). The first kappa shape index (κ1) is 23.1. The van der Waals surface area contributed by atoms with Crippen LogP contribution in [0.3, 0.4) is 0 Å². The van der Waals surface area contributed by atoms with E-state index in [1.807, 2.05) is 12.3 Å². The van der Waals surface area contributed by atoms with Gasteiger partial charge < -0.3 is 10.3 Å². The lowest BCUT2D eigenvalue weighted by Crippen LogP contribution is -2.37. The van der Waals surface area contributed by atoms with Crippen molar-refractivity contribution < 1.29 is 0 Å². The SMILES string of the molecule is C1=CC2=CC(N(Cc3ccc(CNCc4cccs4)cc3)Cc3nc4ccccc4[nH]3)CCC2N=C1. The number of hydrogen-bond donors (Lipinski definition) is 2. The third kappa shape index (κ3) is 5.41. The van der Waals surface area contributed by atoms with E-state index in [-0.39, 0.29) is 0 Å². The maximum atomic E-state index is 4.88. The van der Waals surface area contributed by atoms with Crippen molar-refractivity contribution in [2.24, 2.45) is 4.99 Å². The van der Waals surface area contributed by atoms with Crippen molar-refractivity contribution in [3.8, 4) is 0 Å². The maximum absolute atomic E-state index is 4.88. The van der Waals surface area contributed by atoms with E-state index in [4.69, 9.17) is 4.98 Å². The Kier molecular flexibility index (Phi) is 6.89. The first-order chi connectivity index (χ1) is 17.8. The average molecular weight is 494 g/mol. The minimum absolute atomic E-state index is 0.320. The minimum atomic E-state index is 0.320. The van der Waals surface area contributed by atoms with Crippen molar-refractivity contribution in [1.82, 2.24) is 20.2 Å². The first-order valence-corrected chi connectivity index (χ1v) is 13.6. The van der Waals surface area contributed by atoms with E-state index >= 15 is 0 Å². The number of imidazole rings is 1. The predicted octanol–water partition coefficient (Wildman–Crippen LogP) is 6.01. The highest BCUT2D eigenvalue weighted by Gasteiger charge is 2.26. The number of aromatic amines is 1. The molecule has 2 unspecified atom stereocenters. The molecule has 2 atom stereocenters. The maximum Gasteiger partial charge on any atom is 0.121 e. The number of fused-ring (bicyclic) bond motifs is 2. The summed E-state index contributed by atoms with van der Waals surface area (Å²) in [6.07, 6.45) is 10.8. The van der Waals surface area contributed by atoms with Crippen LogP contribution in [-0.2, 0) is 26.2 Å². The summed E-state index contributed by atoms with van der Waals surface area (Å²) >= 11 is 1.80. The largest absolute Gasteiger partial charge is 0.341 e. The molecule has 3 heterocycles. The molecule has 0 bridgehead atoms. The lowest BCUT2D eigenvalue weighted by Gasteiger charge is -2.34. The summed E-state index contributed by atoms with van der Waals surface area (Å²) in [7, 11) is 0. The van der Waals surface area contributed by atoms with Crippen LogP contribution in [0.1, 0.15) is 34.7 Å². The van der Waals surface area contributed by atoms with Crippen LogP contribution in [0.2, 0.25) is 0 Å². The number of thiophene rings is 1. The number of rotatable bonds is 9. The van der Waals surface area contributed by atoms with Gasteiger partial charge in [0.1, 0.15) is 5.82 Å². The zero-order valence-corrected chi connectivity index (χ0v) is 21.1. The fourth-order valence-electron chi connectivity index (χ4n) is 5.14. The molecule has 0 radical (unpaired) electrons. The second-order valence-corrected chi connectivity index (χ2v) is 10.6. The summed E-state index contributed by atoms with van der Waals surface area (Å²) in [5.74, 6) is 1.02. The summed E-state index contributed by atoms with van der Waals surface area (Å²) < 4.78 is 0. The lowest BCUT2D eigenvalue weighted by molar-refractivity contribution is 0.188. The second kappa shape index (κ2) is 10.7. The third-order valence-electron chi connectivity index (χ3n) is 7.02. The molecule has 36 heavy (non-hydrogen) atoms. The molecule has 1 aliphatic carbocycles. The number of aromatic nitrogens is 2. The highest BCUT2D eigenvalue weighted by Crippen LogP contribution is 2.29. The number of benzene rings is 2. The smallest absolute Gasteiger partial charge is 0.121 e. The molecule has 0 spiro atoms. The van der Waals surface area contributed by atoms with Gasteiger partial charge in [-0.05, 0) is 59.2 Å². The number of hydrogen-bond acceptors (Lipinski definition) is 5. The number of nitrogens with zero attached hydrogens (tertiary/aromatic N) is 3. The molecule has 5 nitrogen and oxygen atoms in total. The van der Waals surface area contributed by atoms with Gasteiger partial charge in [0.05, 0.1) is 23.6 Å². The minimum Gasteiger partial charge on any atom is -0.341 e. The normalized spacial score (nSPS) is 19.1. The Morgan fingerprint density at radius 1 is 0.944 bits per heavy atom. The third-order valence-corrected chi connectivity index (χ3v) is 7.90. The number of H-pyrrole nitrogens is 1. The Morgan fingerprint density at radius 3 is 2.69 bits per heavy atom. The molecule has 0 saturated heterocycles. The molecule has 6 rings (SSSR count). The Balaban J connectivity index is 1.18. The Labute approximate surface area is 216 Å². The molecule has 0 fully saturated rings. The fraction of sp³-hybridized carbons (Fsp3) is 0.267. The quantitative estimate of drug-likeness (QED) is 0.300. The molecular weight excluding hydrogens is 462 g/mol. The number of para-hydroxylation sites is 2. The van der Waals surface area contributed by atoms with Crippen LogP contribution < -0.4 is 5.32 Å². The van der Waals surface area contributed by atoms with Crippen LogP contribution in [0.15, 0.2) is 94.8 Å². The molecule has 2 aromatic heterocycles. The van der Waals surface area contributed by atoms with Crippen molar-refractivity contribution in [1.29, 1.82) is 0 Å². The average Bonchev–Trinajstić information content (AvgIpc) is 3.58. The highest BCUT2D eigenvalue weighted by molar-refractivity contribution is 7.09. The van der Waals surface area contributed by atoms with E-state index < -0.39 is 0 Å². The van der Waals surface area contributed by atoms with Gasteiger partial charge in [0, 0.05) is 36.8 Å². The van der Waals surface area contributed by atoms with E-state index in [0.29, 0.717) is 12.1 Å². The van der Waals surface area contributed by atoms with Gasteiger partial charge >= 0.3 is 0 Å². The van der Waals surface area contributed by atoms with Crippen LogP contribution in [0.4, 0.5) is 0 Å². The molecule has 0 amide bonds. The van der Waals surface area contributed by atoms with Crippen molar-refractivity contribution in [2.45, 2.75) is 51.1 Å². The van der Waals surface area contributed by atoms with Gasteiger partial charge in [-0.25, -0.2) is 4.98 Å². The van der Waals surface area contributed by atoms with E-state index in [2.05, 4.69) is 98.4 Å². The number of dihydropyridines is 1. The fourth-order valence-corrected chi connectivity index (χ4v) is 5.81. The summed E-state index contributed by atoms with van der Waals surface area (Å²) in [5.41, 5.74) is 6.10. The van der Waals surface area contributed by atoms with Gasteiger partial charge in [0.2, 0.25) is 0 Å². The topological polar surface area (TPSA) is 56.3 Å². The number of aliphatic imine (C=N–C) groups is 1. The zero-order chi connectivity index (χ0) is 24.2. The summed E-state index contributed by atoms with van der Waals surface area (Å²) in [6.45, 7) is 3.46. The van der Waals surface area contributed by atoms with Crippen LogP contribution in [0.25, 0.3) is 11.0 Å².